The second-order valence-electron chi connectivity index (χ2n) is 7.05. The van der Waals surface area contributed by atoms with Crippen LogP contribution in [0.25, 0.3) is 0 Å². The minimum Gasteiger partial charge on any atom is -0.352 e. The Morgan fingerprint density at radius 1 is 1.05 bits per heavy atom. The summed E-state index contributed by atoms with van der Waals surface area (Å²) in [6.45, 7) is 1.47. The number of likely N-dealkylation sites (tertiary alicyclic amines) is 1. The van der Waals surface area contributed by atoms with E-state index in [-0.39, 0.29) is 11.8 Å². The summed E-state index contributed by atoms with van der Waals surface area (Å²) in [6, 6.07) is 0.719. The van der Waals surface area contributed by atoms with E-state index >= 15 is 0 Å². The maximum atomic E-state index is 12.3. The number of nitrogens with zero attached hydrogens (tertiary/aromatic N) is 1. The fourth-order valence-corrected chi connectivity index (χ4v) is 4.45. The van der Waals surface area contributed by atoms with E-state index < -0.39 is 0 Å². The molecule has 3 fully saturated rings. The van der Waals surface area contributed by atoms with E-state index in [2.05, 4.69) is 10.2 Å². The Labute approximate surface area is 127 Å². The monoisotopic (exact) mass is 292 g/mol. The molecule has 21 heavy (non-hydrogen) atoms. The average Bonchev–Trinajstić information content (AvgIpc) is 3.11. The van der Waals surface area contributed by atoms with Crippen LogP contribution in [0, 0.1) is 5.92 Å². The summed E-state index contributed by atoms with van der Waals surface area (Å²) < 4.78 is 0. The highest BCUT2D eigenvalue weighted by Gasteiger charge is 2.37. The van der Waals surface area contributed by atoms with Gasteiger partial charge in [-0.25, -0.2) is 0 Å². The molecule has 4 nitrogen and oxygen atoms in total. The first-order valence-electron chi connectivity index (χ1n) is 8.80. The standard InChI is InChI=1S/C17H28N2O2/c20-16-10-5-8-14(16)15-9-3-4-11-19(15)12-17(21)18-13-6-1-2-7-13/h13-15H,1-12H2,(H,18,21). The van der Waals surface area contributed by atoms with Crippen LogP contribution >= 0.6 is 0 Å². The molecule has 2 unspecified atom stereocenters. The van der Waals surface area contributed by atoms with Crippen LogP contribution in [0.15, 0.2) is 0 Å². The van der Waals surface area contributed by atoms with Crippen LogP contribution in [0.4, 0.5) is 0 Å². The lowest BCUT2D eigenvalue weighted by molar-refractivity contribution is -0.127. The molecule has 2 atom stereocenters. The summed E-state index contributed by atoms with van der Waals surface area (Å²) >= 11 is 0. The summed E-state index contributed by atoms with van der Waals surface area (Å²) in [6.07, 6.45) is 11.0. The second-order valence-corrected chi connectivity index (χ2v) is 7.05. The van der Waals surface area contributed by atoms with Gasteiger partial charge in [0.2, 0.25) is 5.91 Å². The van der Waals surface area contributed by atoms with Gasteiger partial charge in [0.15, 0.2) is 0 Å². The van der Waals surface area contributed by atoms with E-state index in [1.807, 2.05) is 0 Å². The van der Waals surface area contributed by atoms with E-state index in [4.69, 9.17) is 0 Å². The van der Waals surface area contributed by atoms with E-state index in [1.165, 1.54) is 19.3 Å². The SMILES string of the molecule is O=C(CN1CCCCC1C1CCCC1=O)NC1CCCC1. The van der Waals surface area contributed by atoms with Gasteiger partial charge in [-0.1, -0.05) is 19.3 Å². The van der Waals surface area contributed by atoms with Gasteiger partial charge in [-0.2, -0.15) is 0 Å². The van der Waals surface area contributed by atoms with E-state index in [0.29, 0.717) is 24.4 Å². The lowest BCUT2D eigenvalue weighted by atomic mass is 9.88. The van der Waals surface area contributed by atoms with E-state index in [1.54, 1.807) is 0 Å². The summed E-state index contributed by atoms with van der Waals surface area (Å²) in [5, 5.41) is 3.18. The largest absolute Gasteiger partial charge is 0.352 e. The molecule has 0 aromatic carbocycles. The molecule has 118 valence electrons. The Morgan fingerprint density at radius 2 is 1.81 bits per heavy atom. The van der Waals surface area contributed by atoms with Crippen LogP contribution in [-0.2, 0) is 9.59 Å². The van der Waals surface area contributed by atoms with Gasteiger partial charge in [0, 0.05) is 24.4 Å². The molecule has 3 aliphatic rings. The van der Waals surface area contributed by atoms with Crippen molar-refractivity contribution in [2.45, 2.75) is 76.3 Å². The van der Waals surface area contributed by atoms with Crippen LogP contribution in [-0.4, -0.2) is 41.8 Å². The molecule has 1 aliphatic heterocycles. The van der Waals surface area contributed by atoms with Crippen molar-refractivity contribution in [1.82, 2.24) is 10.2 Å². The number of piperidine rings is 1. The van der Waals surface area contributed by atoms with Crippen molar-refractivity contribution >= 4 is 11.7 Å². The minimum absolute atomic E-state index is 0.166. The number of amides is 1. The van der Waals surface area contributed by atoms with Gasteiger partial charge >= 0.3 is 0 Å². The summed E-state index contributed by atoms with van der Waals surface area (Å²) in [5.74, 6) is 0.798. The van der Waals surface area contributed by atoms with E-state index in [0.717, 1.165) is 51.5 Å². The number of Topliss-reactive ketones (excluding diaryl/α,β-unsaturated/α-hetero) is 1. The molecule has 3 rings (SSSR count). The van der Waals surface area contributed by atoms with Crippen LogP contribution < -0.4 is 5.32 Å². The Hall–Kier alpha value is -0.900. The van der Waals surface area contributed by atoms with Gasteiger partial charge in [-0.3, -0.25) is 14.5 Å². The maximum Gasteiger partial charge on any atom is 0.234 e. The highest BCUT2D eigenvalue weighted by atomic mass is 16.2. The quantitative estimate of drug-likeness (QED) is 0.865. The number of nitrogens with one attached hydrogen (secondary N) is 1. The Kier molecular flexibility index (Phi) is 4.94. The molecule has 0 spiro atoms. The third-order valence-corrected chi connectivity index (χ3v) is 5.55. The zero-order valence-electron chi connectivity index (χ0n) is 13.0. The summed E-state index contributed by atoms with van der Waals surface area (Å²) in [4.78, 5) is 26.6. The first kappa shape index (κ1) is 15.0. The molecule has 2 saturated carbocycles. The number of carbonyl (C=O) groups excluding carboxylic acids is 2. The topological polar surface area (TPSA) is 49.4 Å². The van der Waals surface area contributed by atoms with Gasteiger partial charge in [-0.15, -0.1) is 0 Å². The third kappa shape index (κ3) is 3.65. The molecular weight excluding hydrogens is 264 g/mol. The fraction of sp³-hybridized carbons (Fsp3) is 0.882. The normalized spacial score (nSPS) is 31.7. The zero-order chi connectivity index (χ0) is 14.7. The van der Waals surface area contributed by atoms with Crippen LogP contribution in [0.5, 0.6) is 0 Å². The molecule has 0 aromatic rings. The fourth-order valence-electron chi connectivity index (χ4n) is 4.45. The van der Waals surface area contributed by atoms with Crippen molar-refractivity contribution in [3.8, 4) is 0 Å². The Balaban J connectivity index is 1.56. The molecule has 0 aromatic heterocycles. The van der Waals surface area contributed by atoms with Gasteiger partial charge < -0.3 is 5.32 Å². The van der Waals surface area contributed by atoms with Crippen molar-refractivity contribution in [2.75, 3.05) is 13.1 Å². The van der Waals surface area contributed by atoms with E-state index in [9.17, 15) is 9.59 Å². The number of ketones is 1. The van der Waals surface area contributed by atoms with Crippen LogP contribution in [0.2, 0.25) is 0 Å². The summed E-state index contributed by atoms with van der Waals surface area (Å²) in [7, 11) is 0. The Bertz CT molecular complexity index is 390. The second kappa shape index (κ2) is 6.91. The number of hydrogen-bond donors (Lipinski definition) is 1. The van der Waals surface area contributed by atoms with Crippen molar-refractivity contribution in [3.63, 3.8) is 0 Å². The molecule has 4 heteroatoms. The molecule has 1 heterocycles. The van der Waals surface area contributed by atoms with Gasteiger partial charge in [0.25, 0.3) is 0 Å². The predicted octanol–water partition coefficient (Wildman–Crippen LogP) is 2.27. The highest BCUT2D eigenvalue weighted by Crippen LogP contribution is 2.32. The highest BCUT2D eigenvalue weighted by molar-refractivity contribution is 5.84. The number of hydrogen-bond acceptors (Lipinski definition) is 3. The first-order valence-corrected chi connectivity index (χ1v) is 8.80. The van der Waals surface area contributed by atoms with Crippen molar-refractivity contribution in [1.29, 1.82) is 0 Å². The van der Waals surface area contributed by atoms with Crippen molar-refractivity contribution in [3.05, 3.63) is 0 Å². The van der Waals surface area contributed by atoms with Crippen molar-refractivity contribution < 1.29 is 9.59 Å². The smallest absolute Gasteiger partial charge is 0.234 e. The summed E-state index contributed by atoms with van der Waals surface area (Å²) in [5.41, 5.74) is 0. The van der Waals surface area contributed by atoms with Gasteiger partial charge in [0.05, 0.1) is 6.54 Å². The third-order valence-electron chi connectivity index (χ3n) is 5.55. The van der Waals surface area contributed by atoms with Crippen LogP contribution in [0.3, 0.4) is 0 Å². The maximum absolute atomic E-state index is 12.3. The molecule has 0 bridgehead atoms. The van der Waals surface area contributed by atoms with Gasteiger partial charge in [0.1, 0.15) is 5.78 Å². The zero-order valence-corrected chi connectivity index (χ0v) is 13.0. The number of rotatable bonds is 4. The molecule has 2 aliphatic carbocycles. The van der Waals surface area contributed by atoms with Crippen molar-refractivity contribution in [2.24, 2.45) is 5.92 Å². The molecule has 1 saturated heterocycles. The van der Waals surface area contributed by atoms with Gasteiger partial charge in [-0.05, 0) is 45.1 Å². The lowest BCUT2D eigenvalue weighted by Gasteiger charge is -2.38. The minimum atomic E-state index is 0.166. The average molecular weight is 292 g/mol. The molecule has 1 N–H and O–H groups in total. The lowest BCUT2D eigenvalue weighted by Crippen LogP contribution is -2.50. The number of carbonyl (C=O) groups is 2. The van der Waals surface area contributed by atoms with Crippen LogP contribution in [0.1, 0.15) is 64.2 Å². The molecule has 0 radical (unpaired) electrons. The predicted molar refractivity (Wildman–Crippen MR) is 82.0 cm³/mol. The Morgan fingerprint density at radius 3 is 2.52 bits per heavy atom. The molecule has 1 amide bonds. The molecular formula is C17H28N2O2. The first-order chi connectivity index (χ1) is 10.2.